The highest BCUT2D eigenvalue weighted by Crippen LogP contribution is 2.29. The molecule has 1 amide bonds. The molecular weight excluding hydrogens is 460 g/mol. The molecular formula is C16H12Cl5N3OS. The van der Waals surface area contributed by atoms with Gasteiger partial charge in [0.05, 0.1) is 10.7 Å². The molecule has 0 saturated carbocycles. The summed E-state index contributed by atoms with van der Waals surface area (Å²) in [7, 11) is 0. The van der Waals surface area contributed by atoms with Gasteiger partial charge in [0, 0.05) is 10.6 Å². The van der Waals surface area contributed by atoms with Gasteiger partial charge in [-0.15, -0.1) is 0 Å². The number of hydrogen-bond acceptors (Lipinski definition) is 2. The average molecular weight is 472 g/mol. The summed E-state index contributed by atoms with van der Waals surface area (Å²) in [6.45, 7) is 0. The van der Waals surface area contributed by atoms with Gasteiger partial charge in [-0.1, -0.05) is 70.1 Å². The summed E-state index contributed by atoms with van der Waals surface area (Å²) >= 11 is 34.9. The van der Waals surface area contributed by atoms with E-state index in [0.29, 0.717) is 21.3 Å². The SMILES string of the molecule is O=C(NC(NC(=S)Nc1ccccc1Cl)C(Cl)(Cl)Cl)c1ccc(Cl)cc1. The van der Waals surface area contributed by atoms with Gasteiger partial charge in [-0.05, 0) is 48.6 Å². The summed E-state index contributed by atoms with van der Waals surface area (Å²) in [5, 5.41) is 9.29. The van der Waals surface area contributed by atoms with Crippen molar-refractivity contribution in [3.05, 3.63) is 64.1 Å². The number of rotatable bonds is 4. The van der Waals surface area contributed by atoms with Gasteiger partial charge in [-0.3, -0.25) is 4.79 Å². The average Bonchev–Trinajstić information content (AvgIpc) is 2.56. The molecule has 0 bridgehead atoms. The maximum atomic E-state index is 12.4. The maximum Gasteiger partial charge on any atom is 0.252 e. The molecule has 0 aliphatic rings. The lowest BCUT2D eigenvalue weighted by Gasteiger charge is -2.28. The molecule has 1 unspecified atom stereocenters. The summed E-state index contributed by atoms with van der Waals surface area (Å²) in [5.74, 6) is -0.467. The number of alkyl halides is 3. The van der Waals surface area contributed by atoms with Crippen LogP contribution in [0.4, 0.5) is 5.69 Å². The van der Waals surface area contributed by atoms with E-state index in [-0.39, 0.29) is 5.11 Å². The van der Waals surface area contributed by atoms with E-state index in [9.17, 15) is 4.79 Å². The number of amides is 1. The zero-order valence-electron chi connectivity index (χ0n) is 12.9. The van der Waals surface area contributed by atoms with Crippen LogP contribution in [0.2, 0.25) is 10.0 Å². The minimum atomic E-state index is -1.87. The highest BCUT2D eigenvalue weighted by atomic mass is 35.6. The second-order valence-electron chi connectivity index (χ2n) is 5.03. The molecule has 10 heteroatoms. The van der Waals surface area contributed by atoms with E-state index in [1.807, 2.05) is 0 Å². The number of halogens is 5. The van der Waals surface area contributed by atoms with Gasteiger partial charge in [-0.2, -0.15) is 0 Å². The summed E-state index contributed by atoms with van der Waals surface area (Å²) in [4.78, 5) is 12.4. The topological polar surface area (TPSA) is 53.2 Å². The molecule has 2 rings (SSSR count). The van der Waals surface area contributed by atoms with Crippen LogP contribution in [0, 0.1) is 0 Å². The van der Waals surface area contributed by atoms with Gasteiger partial charge in [0.25, 0.3) is 5.91 Å². The van der Waals surface area contributed by atoms with Gasteiger partial charge in [0.15, 0.2) is 5.11 Å². The van der Waals surface area contributed by atoms with E-state index >= 15 is 0 Å². The fourth-order valence-corrected chi connectivity index (χ4v) is 2.73. The van der Waals surface area contributed by atoms with Crippen LogP contribution in [-0.4, -0.2) is 21.0 Å². The van der Waals surface area contributed by atoms with Crippen LogP contribution in [0.5, 0.6) is 0 Å². The highest BCUT2D eigenvalue weighted by Gasteiger charge is 2.35. The fourth-order valence-electron chi connectivity index (χ4n) is 1.87. The second kappa shape index (κ2) is 9.31. The number of carbonyl (C=O) groups is 1. The first-order valence-electron chi connectivity index (χ1n) is 7.12. The van der Waals surface area contributed by atoms with Crippen LogP contribution in [0.25, 0.3) is 0 Å². The first-order chi connectivity index (χ1) is 12.2. The zero-order valence-corrected chi connectivity index (χ0v) is 17.5. The lowest BCUT2D eigenvalue weighted by Crippen LogP contribution is -2.56. The third-order valence-corrected chi connectivity index (χ3v) is 4.56. The molecule has 0 saturated heterocycles. The van der Waals surface area contributed by atoms with Crippen molar-refractivity contribution in [3.63, 3.8) is 0 Å². The second-order valence-corrected chi connectivity index (χ2v) is 8.65. The molecule has 138 valence electrons. The molecule has 0 aliphatic heterocycles. The van der Waals surface area contributed by atoms with Crippen molar-refractivity contribution in [1.82, 2.24) is 10.6 Å². The minimum absolute atomic E-state index is 0.117. The quantitative estimate of drug-likeness (QED) is 0.317. The molecule has 0 radical (unpaired) electrons. The molecule has 0 aliphatic carbocycles. The Morgan fingerprint density at radius 2 is 1.58 bits per heavy atom. The molecule has 4 nitrogen and oxygen atoms in total. The number of carbonyl (C=O) groups excluding carboxylic acids is 1. The number of benzene rings is 2. The van der Waals surface area contributed by atoms with E-state index in [1.165, 1.54) is 0 Å². The van der Waals surface area contributed by atoms with Crippen molar-refractivity contribution in [2.45, 2.75) is 9.96 Å². The lowest BCUT2D eigenvalue weighted by atomic mass is 10.2. The number of nitrogens with one attached hydrogen (secondary N) is 3. The van der Waals surface area contributed by atoms with Crippen LogP contribution >= 0.6 is 70.2 Å². The largest absolute Gasteiger partial charge is 0.339 e. The number of para-hydroxylation sites is 1. The van der Waals surface area contributed by atoms with Crippen molar-refractivity contribution in [2.24, 2.45) is 0 Å². The Labute approximate surface area is 181 Å². The monoisotopic (exact) mass is 469 g/mol. The first kappa shape index (κ1) is 21.4. The van der Waals surface area contributed by atoms with Crippen LogP contribution in [0.1, 0.15) is 10.4 Å². The first-order valence-corrected chi connectivity index (χ1v) is 9.42. The fraction of sp³-hybridized carbons (Fsp3) is 0.125. The number of anilines is 1. The van der Waals surface area contributed by atoms with Crippen molar-refractivity contribution in [1.29, 1.82) is 0 Å². The van der Waals surface area contributed by atoms with Gasteiger partial charge >= 0.3 is 0 Å². The normalized spacial score (nSPS) is 12.2. The predicted molar refractivity (Wildman–Crippen MR) is 114 cm³/mol. The Kier molecular flexibility index (Phi) is 7.64. The third kappa shape index (κ3) is 6.34. The van der Waals surface area contributed by atoms with Gasteiger partial charge in [-0.25, -0.2) is 0 Å². The Bertz CT molecular complexity index is 795. The van der Waals surface area contributed by atoms with E-state index < -0.39 is 15.9 Å². The standard InChI is InChI=1S/C16H12Cl5N3OS/c17-10-7-5-9(6-8-10)13(25)23-14(16(19,20)21)24-15(26)22-12-4-2-1-3-11(12)18/h1-8,14H,(H,23,25)(H2,22,24,26). The summed E-state index contributed by atoms with van der Waals surface area (Å²) in [6, 6.07) is 13.2. The molecule has 26 heavy (non-hydrogen) atoms. The Hall–Kier alpha value is -0.950. The zero-order chi connectivity index (χ0) is 19.3. The molecule has 0 fully saturated rings. The van der Waals surface area contributed by atoms with E-state index in [2.05, 4.69) is 16.0 Å². The third-order valence-electron chi connectivity index (χ3n) is 3.11. The van der Waals surface area contributed by atoms with Crippen molar-refractivity contribution < 1.29 is 4.79 Å². The van der Waals surface area contributed by atoms with Crippen molar-refractivity contribution in [2.75, 3.05) is 5.32 Å². The predicted octanol–water partition coefficient (Wildman–Crippen LogP) is 5.41. The minimum Gasteiger partial charge on any atom is -0.339 e. The van der Waals surface area contributed by atoms with E-state index in [0.717, 1.165) is 0 Å². The highest BCUT2D eigenvalue weighted by molar-refractivity contribution is 7.80. The van der Waals surface area contributed by atoms with Crippen molar-refractivity contribution >= 4 is 86.9 Å². The molecule has 0 aromatic heterocycles. The van der Waals surface area contributed by atoms with Gasteiger partial charge in [0.1, 0.15) is 6.17 Å². The van der Waals surface area contributed by atoms with Gasteiger partial charge in [0.2, 0.25) is 3.79 Å². The van der Waals surface area contributed by atoms with E-state index in [1.54, 1.807) is 48.5 Å². The molecule has 0 spiro atoms. The molecule has 3 N–H and O–H groups in total. The Balaban J connectivity index is 2.07. The molecule has 0 heterocycles. The van der Waals surface area contributed by atoms with Crippen LogP contribution in [0.3, 0.4) is 0 Å². The van der Waals surface area contributed by atoms with Gasteiger partial charge < -0.3 is 16.0 Å². The summed E-state index contributed by atoms with van der Waals surface area (Å²) in [6.07, 6.45) is -1.10. The maximum absolute atomic E-state index is 12.4. The Morgan fingerprint density at radius 3 is 2.15 bits per heavy atom. The molecule has 1 atom stereocenters. The van der Waals surface area contributed by atoms with Crippen LogP contribution < -0.4 is 16.0 Å². The molecule has 2 aromatic rings. The number of thiocarbonyl (C=S) groups is 1. The van der Waals surface area contributed by atoms with Crippen LogP contribution in [0.15, 0.2) is 48.5 Å². The number of hydrogen-bond donors (Lipinski definition) is 3. The van der Waals surface area contributed by atoms with Crippen molar-refractivity contribution in [3.8, 4) is 0 Å². The lowest BCUT2D eigenvalue weighted by molar-refractivity contribution is 0.0934. The molecule has 2 aromatic carbocycles. The summed E-state index contributed by atoms with van der Waals surface area (Å²) in [5.41, 5.74) is 0.916. The smallest absolute Gasteiger partial charge is 0.252 e. The Morgan fingerprint density at radius 1 is 0.962 bits per heavy atom. The van der Waals surface area contributed by atoms with Crippen LogP contribution in [-0.2, 0) is 0 Å². The van der Waals surface area contributed by atoms with E-state index in [4.69, 9.17) is 70.2 Å². The summed E-state index contributed by atoms with van der Waals surface area (Å²) < 4.78 is -1.87.